The molecular weight excluding hydrogens is 424 g/mol. The first kappa shape index (κ1) is 21.5. The van der Waals surface area contributed by atoms with Crippen molar-refractivity contribution in [1.82, 2.24) is 9.88 Å². The van der Waals surface area contributed by atoms with Gasteiger partial charge in [-0.3, -0.25) is 9.79 Å². The van der Waals surface area contributed by atoms with Gasteiger partial charge in [-0.15, -0.1) is 0 Å². The molecule has 0 saturated heterocycles. The number of benzene rings is 3. The topological polar surface area (TPSA) is 83.7 Å². The monoisotopic (exact) mass is 450 g/mol. The number of anilines is 1. The number of amides is 1. The lowest BCUT2D eigenvalue weighted by Crippen LogP contribution is -2.23. The molecule has 1 aromatic heterocycles. The Balaban J connectivity index is 1.44. The fourth-order valence-electron chi connectivity index (χ4n) is 4.33. The summed E-state index contributed by atoms with van der Waals surface area (Å²) in [5.41, 5.74) is 12.5. The van der Waals surface area contributed by atoms with Crippen LogP contribution in [0.25, 0.3) is 0 Å². The molecule has 2 heterocycles. The van der Waals surface area contributed by atoms with E-state index in [1.165, 1.54) is 0 Å². The van der Waals surface area contributed by atoms with Crippen molar-refractivity contribution >= 4 is 17.3 Å². The zero-order valence-electron chi connectivity index (χ0n) is 19.2. The van der Waals surface area contributed by atoms with Crippen LogP contribution in [0.1, 0.15) is 38.7 Å². The van der Waals surface area contributed by atoms with Gasteiger partial charge in [0.1, 0.15) is 11.5 Å². The van der Waals surface area contributed by atoms with Crippen LogP contribution in [0.5, 0.6) is 11.5 Å². The third-order valence-electron chi connectivity index (χ3n) is 6.02. The number of nitrogens with zero attached hydrogens (tertiary/aromatic N) is 2. The van der Waals surface area contributed by atoms with E-state index < -0.39 is 0 Å². The lowest BCUT2D eigenvalue weighted by molar-refractivity contribution is 0.0827. The molecule has 5 rings (SSSR count). The number of nitrogen functional groups attached to an aromatic ring is 1. The molecule has 0 spiro atoms. The van der Waals surface area contributed by atoms with E-state index in [1.54, 1.807) is 19.0 Å². The summed E-state index contributed by atoms with van der Waals surface area (Å²) < 4.78 is 5.93. The summed E-state index contributed by atoms with van der Waals surface area (Å²) in [4.78, 5) is 22.3. The number of ether oxygens (including phenoxy) is 1. The predicted octanol–water partition coefficient (Wildman–Crippen LogP) is 5.07. The Morgan fingerprint density at radius 3 is 2.47 bits per heavy atom. The molecule has 3 N–H and O–H groups in total. The maximum Gasteiger partial charge on any atom is 0.253 e. The zero-order valence-corrected chi connectivity index (χ0v) is 19.2. The van der Waals surface area contributed by atoms with Crippen molar-refractivity contribution in [2.45, 2.75) is 5.92 Å². The highest BCUT2D eigenvalue weighted by Crippen LogP contribution is 2.37. The normalized spacial score (nSPS) is 14.8. The van der Waals surface area contributed by atoms with Gasteiger partial charge in [-0.05, 0) is 42.0 Å². The van der Waals surface area contributed by atoms with E-state index in [0.29, 0.717) is 17.8 Å². The molecule has 1 amide bonds. The summed E-state index contributed by atoms with van der Waals surface area (Å²) in [6.45, 7) is 0.565. The molecule has 0 fully saturated rings. The first-order valence-electron chi connectivity index (χ1n) is 11.2. The highest BCUT2D eigenvalue weighted by molar-refractivity contribution is 6.15. The summed E-state index contributed by atoms with van der Waals surface area (Å²) in [7, 11) is 3.50. The molecular formula is C28H26N4O2. The summed E-state index contributed by atoms with van der Waals surface area (Å²) in [6, 6.07) is 25.4. The maximum absolute atomic E-state index is 12.5. The van der Waals surface area contributed by atoms with Gasteiger partial charge in [-0.25, -0.2) is 0 Å². The van der Waals surface area contributed by atoms with Crippen LogP contribution in [0, 0.1) is 0 Å². The van der Waals surface area contributed by atoms with E-state index >= 15 is 0 Å². The second-order valence-corrected chi connectivity index (χ2v) is 8.54. The van der Waals surface area contributed by atoms with Crippen molar-refractivity contribution in [3.8, 4) is 11.5 Å². The van der Waals surface area contributed by atoms with E-state index in [-0.39, 0.29) is 11.8 Å². The van der Waals surface area contributed by atoms with Crippen molar-refractivity contribution in [3.05, 3.63) is 113 Å². The first-order chi connectivity index (χ1) is 16.5. The number of nitrogens with two attached hydrogens (primary N) is 1. The lowest BCUT2D eigenvalue weighted by Gasteiger charge is -2.24. The minimum atomic E-state index is -0.0415. The highest BCUT2D eigenvalue weighted by Gasteiger charge is 2.29. The van der Waals surface area contributed by atoms with Crippen molar-refractivity contribution < 1.29 is 9.53 Å². The summed E-state index contributed by atoms with van der Waals surface area (Å²) >= 11 is 0. The molecule has 6 nitrogen and oxygen atoms in total. The average Bonchev–Trinajstić information content (AvgIpc) is 3.26. The Morgan fingerprint density at radius 2 is 1.74 bits per heavy atom. The van der Waals surface area contributed by atoms with E-state index in [2.05, 4.69) is 17.1 Å². The summed E-state index contributed by atoms with van der Waals surface area (Å²) in [6.07, 6.45) is 1.82. The van der Waals surface area contributed by atoms with Gasteiger partial charge in [0, 0.05) is 42.9 Å². The molecule has 0 radical (unpaired) electrons. The average molecular weight is 451 g/mol. The molecule has 0 saturated carbocycles. The van der Waals surface area contributed by atoms with E-state index in [0.717, 1.165) is 39.6 Å². The Labute approximate surface area is 198 Å². The number of rotatable bonds is 5. The Kier molecular flexibility index (Phi) is 5.64. The van der Waals surface area contributed by atoms with Gasteiger partial charge in [0.2, 0.25) is 0 Å². The molecule has 1 unspecified atom stereocenters. The molecule has 34 heavy (non-hydrogen) atoms. The SMILES string of the molecule is CN(C)C(=O)c1cccc(C2=NCC(c3ccc(Oc4ccccc4)cc3)c3c(N)c[nH]c32)c1. The minimum absolute atomic E-state index is 0.0300. The van der Waals surface area contributed by atoms with E-state index in [1.807, 2.05) is 72.9 Å². The lowest BCUT2D eigenvalue weighted by atomic mass is 9.86. The quantitative estimate of drug-likeness (QED) is 0.445. The minimum Gasteiger partial charge on any atom is -0.457 e. The molecule has 1 aliphatic rings. The molecule has 1 atom stereocenters. The fourth-order valence-corrected chi connectivity index (χ4v) is 4.33. The molecule has 0 aliphatic carbocycles. The number of para-hydroxylation sites is 1. The summed E-state index contributed by atoms with van der Waals surface area (Å²) in [5.74, 6) is 1.57. The van der Waals surface area contributed by atoms with E-state index in [9.17, 15) is 4.79 Å². The van der Waals surface area contributed by atoms with Gasteiger partial charge in [0.15, 0.2) is 0 Å². The van der Waals surface area contributed by atoms with Crippen LogP contribution in [-0.4, -0.2) is 42.1 Å². The number of aromatic amines is 1. The largest absolute Gasteiger partial charge is 0.457 e. The van der Waals surface area contributed by atoms with Crippen LogP contribution < -0.4 is 10.5 Å². The van der Waals surface area contributed by atoms with Crippen LogP contribution in [0.4, 0.5) is 5.69 Å². The second kappa shape index (κ2) is 8.90. The van der Waals surface area contributed by atoms with Crippen LogP contribution >= 0.6 is 0 Å². The number of hydrogen-bond donors (Lipinski definition) is 2. The third kappa shape index (κ3) is 4.06. The standard InChI is InChI=1S/C28H26N4O2/c1-32(2)28(33)20-8-6-7-19(15-20)26-27-25(24(29)17-31-27)23(16-30-26)18-11-13-22(14-12-18)34-21-9-4-3-5-10-21/h3-15,17,23,31H,16,29H2,1-2H3. The fraction of sp³-hybridized carbons (Fsp3) is 0.143. The highest BCUT2D eigenvalue weighted by atomic mass is 16.5. The molecule has 4 aromatic rings. The van der Waals surface area contributed by atoms with Crippen molar-refractivity contribution in [3.63, 3.8) is 0 Å². The maximum atomic E-state index is 12.5. The van der Waals surface area contributed by atoms with Crippen LogP contribution in [0.15, 0.2) is 90.1 Å². The number of hydrogen-bond acceptors (Lipinski definition) is 4. The first-order valence-corrected chi connectivity index (χ1v) is 11.2. The second-order valence-electron chi connectivity index (χ2n) is 8.54. The van der Waals surface area contributed by atoms with Gasteiger partial charge >= 0.3 is 0 Å². The zero-order chi connectivity index (χ0) is 23.7. The van der Waals surface area contributed by atoms with Crippen LogP contribution in [0.2, 0.25) is 0 Å². The van der Waals surface area contributed by atoms with Crippen LogP contribution in [-0.2, 0) is 0 Å². The van der Waals surface area contributed by atoms with Crippen molar-refractivity contribution in [2.24, 2.45) is 4.99 Å². The van der Waals surface area contributed by atoms with Gasteiger partial charge in [0.05, 0.1) is 23.6 Å². The third-order valence-corrected chi connectivity index (χ3v) is 6.02. The number of fused-ring (bicyclic) bond motifs is 1. The Hall–Kier alpha value is -4.32. The molecule has 1 aliphatic heterocycles. The number of carbonyl (C=O) groups is 1. The smallest absolute Gasteiger partial charge is 0.253 e. The van der Waals surface area contributed by atoms with Gasteiger partial charge < -0.3 is 20.4 Å². The Morgan fingerprint density at radius 1 is 1.00 bits per heavy atom. The molecule has 0 bridgehead atoms. The molecule has 170 valence electrons. The number of aliphatic imine (C=N–C) groups is 1. The molecule has 6 heteroatoms. The number of aromatic nitrogens is 1. The Bertz CT molecular complexity index is 1350. The van der Waals surface area contributed by atoms with Crippen LogP contribution in [0.3, 0.4) is 0 Å². The number of nitrogens with one attached hydrogen (secondary N) is 1. The van der Waals surface area contributed by atoms with Gasteiger partial charge in [-0.1, -0.05) is 42.5 Å². The van der Waals surface area contributed by atoms with Crippen molar-refractivity contribution in [2.75, 3.05) is 26.4 Å². The van der Waals surface area contributed by atoms with Gasteiger partial charge in [-0.2, -0.15) is 0 Å². The number of H-pyrrole nitrogens is 1. The summed E-state index contributed by atoms with van der Waals surface area (Å²) in [5, 5.41) is 0. The molecule has 3 aromatic carbocycles. The predicted molar refractivity (Wildman–Crippen MR) is 135 cm³/mol. The van der Waals surface area contributed by atoms with Crippen molar-refractivity contribution in [1.29, 1.82) is 0 Å². The van der Waals surface area contributed by atoms with Gasteiger partial charge in [0.25, 0.3) is 5.91 Å². The number of carbonyl (C=O) groups excluding carboxylic acids is 1. The van der Waals surface area contributed by atoms with E-state index in [4.69, 9.17) is 15.5 Å².